The van der Waals surface area contributed by atoms with Crippen LogP contribution < -0.4 is 5.73 Å². The molecular formula is C13H16F3N3O4S. The first-order valence-electron chi connectivity index (χ1n) is 6.97. The average Bonchev–Trinajstić information content (AvgIpc) is 2.89. The molecule has 7 nitrogen and oxygen atoms in total. The summed E-state index contributed by atoms with van der Waals surface area (Å²) in [4.78, 5) is 8.69. The summed E-state index contributed by atoms with van der Waals surface area (Å²) < 4.78 is 65.8. The SMILES string of the molecule is CC1(CN)CCN(S(=O)(=O)c2ccc([N+](=O)[O-])cc2C(F)(F)F)C1. The van der Waals surface area contributed by atoms with Gasteiger partial charge in [-0.3, -0.25) is 10.1 Å². The van der Waals surface area contributed by atoms with Crippen LogP contribution in [0.3, 0.4) is 0 Å². The molecule has 134 valence electrons. The quantitative estimate of drug-likeness (QED) is 0.647. The Kier molecular flexibility index (Phi) is 4.63. The van der Waals surface area contributed by atoms with Crippen molar-refractivity contribution in [2.45, 2.75) is 24.4 Å². The first-order chi connectivity index (χ1) is 10.9. The van der Waals surface area contributed by atoms with Crippen molar-refractivity contribution in [3.63, 3.8) is 0 Å². The Morgan fingerprint density at radius 2 is 2.04 bits per heavy atom. The van der Waals surface area contributed by atoms with Crippen LogP contribution >= 0.6 is 0 Å². The van der Waals surface area contributed by atoms with E-state index in [4.69, 9.17) is 5.73 Å². The van der Waals surface area contributed by atoms with Crippen LogP contribution in [0.25, 0.3) is 0 Å². The summed E-state index contributed by atoms with van der Waals surface area (Å²) in [7, 11) is -4.44. The van der Waals surface area contributed by atoms with Crippen LogP contribution in [0.4, 0.5) is 18.9 Å². The van der Waals surface area contributed by atoms with Crippen molar-refractivity contribution in [1.29, 1.82) is 0 Å². The van der Waals surface area contributed by atoms with Crippen molar-refractivity contribution >= 4 is 15.7 Å². The molecule has 2 N–H and O–H groups in total. The number of sulfonamides is 1. The molecule has 0 saturated carbocycles. The minimum absolute atomic E-state index is 0.000117. The normalized spacial score (nSPS) is 22.7. The fraction of sp³-hybridized carbons (Fsp3) is 0.538. The highest BCUT2D eigenvalue weighted by Gasteiger charge is 2.44. The van der Waals surface area contributed by atoms with E-state index in [2.05, 4.69) is 0 Å². The van der Waals surface area contributed by atoms with E-state index in [9.17, 15) is 31.7 Å². The molecule has 11 heteroatoms. The Bertz CT molecular complexity index is 766. The van der Waals surface area contributed by atoms with Gasteiger partial charge in [0.2, 0.25) is 10.0 Å². The first kappa shape index (κ1) is 18.6. The van der Waals surface area contributed by atoms with Gasteiger partial charge in [0.05, 0.1) is 15.4 Å². The molecule has 1 saturated heterocycles. The van der Waals surface area contributed by atoms with Crippen molar-refractivity contribution in [3.8, 4) is 0 Å². The van der Waals surface area contributed by atoms with Crippen molar-refractivity contribution in [1.82, 2.24) is 4.31 Å². The maximum absolute atomic E-state index is 13.2. The summed E-state index contributed by atoms with van der Waals surface area (Å²) in [5, 5.41) is 10.7. The summed E-state index contributed by atoms with van der Waals surface area (Å²) in [6.07, 6.45) is -4.61. The molecular weight excluding hydrogens is 351 g/mol. The van der Waals surface area contributed by atoms with E-state index in [1.54, 1.807) is 6.92 Å². The molecule has 1 aromatic carbocycles. The van der Waals surface area contributed by atoms with Gasteiger partial charge in [-0.1, -0.05) is 6.92 Å². The molecule has 1 atom stereocenters. The Hall–Kier alpha value is -1.72. The standard InChI is InChI=1S/C13H16F3N3O4S/c1-12(7-17)4-5-18(8-12)24(22,23)11-3-2-9(19(20)21)6-10(11)13(14,15)16/h2-3,6H,4-5,7-8,17H2,1H3. The highest BCUT2D eigenvalue weighted by Crippen LogP contribution is 2.39. The fourth-order valence-electron chi connectivity index (χ4n) is 2.57. The van der Waals surface area contributed by atoms with Crippen LogP contribution in [0.15, 0.2) is 23.1 Å². The van der Waals surface area contributed by atoms with E-state index < -0.39 is 42.7 Å². The lowest BCUT2D eigenvalue weighted by Crippen LogP contribution is -2.35. The average molecular weight is 367 g/mol. The number of benzene rings is 1. The molecule has 2 rings (SSSR count). The number of alkyl halides is 3. The number of rotatable bonds is 4. The highest BCUT2D eigenvalue weighted by atomic mass is 32.2. The second-order valence-corrected chi connectivity index (χ2v) is 7.95. The summed E-state index contributed by atoms with van der Waals surface area (Å²) in [6, 6.07) is 1.62. The zero-order valence-corrected chi connectivity index (χ0v) is 13.5. The van der Waals surface area contributed by atoms with Crippen molar-refractivity contribution in [2.24, 2.45) is 11.1 Å². The van der Waals surface area contributed by atoms with Gasteiger partial charge in [0.25, 0.3) is 5.69 Å². The Balaban J connectivity index is 2.53. The largest absolute Gasteiger partial charge is 0.417 e. The van der Waals surface area contributed by atoms with Gasteiger partial charge in [-0.15, -0.1) is 0 Å². The molecule has 24 heavy (non-hydrogen) atoms. The van der Waals surface area contributed by atoms with Gasteiger partial charge in [-0.25, -0.2) is 8.42 Å². The molecule has 0 amide bonds. The Morgan fingerprint density at radius 3 is 2.50 bits per heavy atom. The first-order valence-corrected chi connectivity index (χ1v) is 8.41. The number of non-ortho nitro benzene ring substituents is 1. The Labute approximate surface area is 136 Å². The predicted octanol–water partition coefficient (Wildman–Crippen LogP) is 1.97. The van der Waals surface area contributed by atoms with Gasteiger partial charge in [-0.05, 0) is 24.4 Å². The molecule has 1 aliphatic rings. The zero-order chi connectivity index (χ0) is 18.3. The second kappa shape index (κ2) is 5.97. The van der Waals surface area contributed by atoms with E-state index >= 15 is 0 Å². The van der Waals surface area contributed by atoms with Gasteiger partial charge in [0.15, 0.2) is 0 Å². The summed E-state index contributed by atoms with van der Waals surface area (Å²) in [6.45, 7) is 2.00. The minimum Gasteiger partial charge on any atom is -0.330 e. The van der Waals surface area contributed by atoms with Crippen molar-refractivity contribution in [2.75, 3.05) is 19.6 Å². The van der Waals surface area contributed by atoms with Crippen molar-refractivity contribution in [3.05, 3.63) is 33.9 Å². The van der Waals surface area contributed by atoms with E-state index in [0.717, 1.165) is 10.4 Å². The van der Waals surface area contributed by atoms with Crippen molar-refractivity contribution < 1.29 is 26.5 Å². The Morgan fingerprint density at radius 1 is 1.42 bits per heavy atom. The van der Waals surface area contributed by atoms with E-state index in [0.29, 0.717) is 12.5 Å². The predicted molar refractivity (Wildman–Crippen MR) is 78.6 cm³/mol. The minimum atomic E-state index is -5.04. The number of nitro groups is 1. The second-order valence-electron chi connectivity index (χ2n) is 6.04. The maximum atomic E-state index is 13.2. The number of hydrogen-bond donors (Lipinski definition) is 1. The highest BCUT2D eigenvalue weighted by molar-refractivity contribution is 7.89. The van der Waals surface area contributed by atoms with Gasteiger partial charge in [0.1, 0.15) is 0 Å². The van der Waals surface area contributed by atoms with Crippen LogP contribution in [-0.4, -0.2) is 37.3 Å². The third-order valence-corrected chi connectivity index (χ3v) is 6.02. The zero-order valence-electron chi connectivity index (χ0n) is 12.7. The van der Waals surface area contributed by atoms with Crippen LogP contribution in [0.5, 0.6) is 0 Å². The monoisotopic (exact) mass is 367 g/mol. The lowest BCUT2D eigenvalue weighted by molar-refractivity contribution is -0.385. The molecule has 0 spiro atoms. The molecule has 1 unspecified atom stereocenters. The maximum Gasteiger partial charge on any atom is 0.417 e. The number of hydrogen-bond acceptors (Lipinski definition) is 5. The number of nitro benzene ring substituents is 1. The lowest BCUT2D eigenvalue weighted by atomic mass is 9.90. The number of nitrogens with zero attached hydrogens (tertiary/aromatic N) is 2. The summed E-state index contributed by atoms with van der Waals surface area (Å²) in [5.74, 6) is 0. The van der Waals surface area contributed by atoms with E-state index in [1.165, 1.54) is 0 Å². The fourth-order valence-corrected chi connectivity index (χ4v) is 4.35. The van der Waals surface area contributed by atoms with Crippen LogP contribution in [0.1, 0.15) is 18.9 Å². The molecule has 1 aromatic rings. The third-order valence-electron chi connectivity index (χ3n) is 4.11. The molecule has 1 aliphatic heterocycles. The van der Waals surface area contributed by atoms with Crippen LogP contribution in [-0.2, 0) is 16.2 Å². The molecule has 1 fully saturated rings. The van der Waals surface area contributed by atoms with E-state index in [-0.39, 0.29) is 25.7 Å². The topological polar surface area (TPSA) is 107 Å². The van der Waals surface area contributed by atoms with Gasteiger partial charge in [0, 0.05) is 25.2 Å². The van der Waals surface area contributed by atoms with Gasteiger partial charge in [-0.2, -0.15) is 17.5 Å². The molecule has 0 aliphatic carbocycles. The number of nitrogens with two attached hydrogens (primary N) is 1. The van der Waals surface area contributed by atoms with Gasteiger partial charge >= 0.3 is 6.18 Å². The molecule has 0 aromatic heterocycles. The third kappa shape index (κ3) is 3.37. The smallest absolute Gasteiger partial charge is 0.330 e. The number of halogens is 3. The van der Waals surface area contributed by atoms with Crippen LogP contribution in [0.2, 0.25) is 0 Å². The summed E-state index contributed by atoms with van der Waals surface area (Å²) >= 11 is 0. The van der Waals surface area contributed by atoms with Gasteiger partial charge < -0.3 is 5.73 Å². The van der Waals surface area contributed by atoms with E-state index in [1.807, 2.05) is 0 Å². The molecule has 0 bridgehead atoms. The summed E-state index contributed by atoms with van der Waals surface area (Å²) in [5.41, 5.74) is 2.71. The molecule has 0 radical (unpaired) electrons. The van der Waals surface area contributed by atoms with Crippen LogP contribution in [0, 0.1) is 15.5 Å². The molecule has 1 heterocycles. The lowest BCUT2D eigenvalue weighted by Gasteiger charge is -2.23.